The number of nitrogen functional groups attached to an aromatic ring is 1. The number of benzene rings is 1. The Hall–Kier alpha value is -3.12. The van der Waals surface area contributed by atoms with Crippen LogP contribution in [0.15, 0.2) is 17.7 Å². The van der Waals surface area contributed by atoms with E-state index in [2.05, 4.69) is 0 Å². The highest BCUT2D eigenvalue weighted by atomic mass is 32.2. The summed E-state index contributed by atoms with van der Waals surface area (Å²) in [5, 5.41) is -1.98. The van der Waals surface area contributed by atoms with E-state index in [4.69, 9.17) is 24.6 Å². The number of imide groups is 1. The number of hydrogen-bond acceptors (Lipinski definition) is 9. The number of carbonyl (C=O) groups excluding carboxylic acids is 3. The molecule has 1 atom stereocenters. The van der Waals surface area contributed by atoms with Crippen molar-refractivity contribution in [2.75, 3.05) is 20.0 Å². The lowest BCUT2D eigenvalue weighted by Crippen LogP contribution is -2.36. The average molecular weight is 414 g/mol. The first kappa shape index (κ1) is 21.2. The third-order valence-corrected chi connectivity index (χ3v) is 4.97. The van der Waals surface area contributed by atoms with Gasteiger partial charge >= 0.3 is 5.97 Å². The van der Waals surface area contributed by atoms with Crippen molar-refractivity contribution in [1.82, 2.24) is 5.06 Å². The van der Waals surface area contributed by atoms with E-state index in [-0.39, 0.29) is 16.3 Å². The molecule has 0 aromatic heterocycles. The van der Waals surface area contributed by atoms with Crippen molar-refractivity contribution in [3.63, 3.8) is 0 Å². The second-order valence-corrected chi connectivity index (χ2v) is 7.38. The molecule has 1 heterocycles. The lowest BCUT2D eigenvalue weighted by atomic mass is 10.1. The zero-order valence-corrected chi connectivity index (χ0v) is 16.0. The third-order valence-electron chi connectivity index (χ3n) is 3.88. The molecule has 1 unspecified atom stereocenters. The van der Waals surface area contributed by atoms with Crippen molar-refractivity contribution < 1.29 is 41.7 Å². The molecule has 1 aliphatic heterocycles. The number of hydroxylamine groups is 2. The molecule has 1 saturated heterocycles. The molecular formula is C16H18N2O9S. The topological polar surface area (TPSA) is 163 Å². The Morgan fingerprint density at radius 3 is 2.32 bits per heavy atom. The molecule has 0 bridgehead atoms. The SMILES string of the molecule is COc1cc(N)c(/C=C(\C)C(=O)ON2C(=O)CC(S(=O)(=O)O)C2=O)cc1OC. The van der Waals surface area contributed by atoms with Crippen LogP contribution in [0.1, 0.15) is 18.9 Å². The van der Waals surface area contributed by atoms with Crippen molar-refractivity contribution in [2.24, 2.45) is 0 Å². The van der Waals surface area contributed by atoms with Crippen LogP contribution in [-0.2, 0) is 29.3 Å². The number of rotatable bonds is 6. The number of ether oxygens (including phenoxy) is 2. The summed E-state index contributed by atoms with van der Waals surface area (Å²) in [5.41, 5.74) is 6.48. The summed E-state index contributed by atoms with van der Waals surface area (Å²) in [6.45, 7) is 1.34. The summed E-state index contributed by atoms with van der Waals surface area (Å²) < 4.78 is 41.5. The Labute approximate surface area is 160 Å². The molecule has 1 aromatic carbocycles. The maximum Gasteiger partial charge on any atom is 0.359 e. The molecule has 3 N–H and O–H groups in total. The summed E-state index contributed by atoms with van der Waals surface area (Å²) in [6, 6.07) is 2.99. The summed E-state index contributed by atoms with van der Waals surface area (Å²) in [4.78, 5) is 40.5. The Morgan fingerprint density at radius 1 is 1.25 bits per heavy atom. The Bertz CT molecular complexity index is 969. The number of anilines is 1. The van der Waals surface area contributed by atoms with Crippen LogP contribution in [0, 0.1) is 0 Å². The van der Waals surface area contributed by atoms with Crippen molar-refractivity contribution in [3.05, 3.63) is 23.3 Å². The predicted octanol–water partition coefficient (Wildman–Crippen LogP) is 0.163. The van der Waals surface area contributed by atoms with Gasteiger partial charge in [-0.15, -0.1) is 5.06 Å². The van der Waals surface area contributed by atoms with Gasteiger partial charge in [-0.2, -0.15) is 8.42 Å². The van der Waals surface area contributed by atoms with Crippen molar-refractivity contribution >= 4 is 39.7 Å². The smallest absolute Gasteiger partial charge is 0.359 e. The number of carbonyl (C=O) groups is 3. The molecule has 2 amide bonds. The fourth-order valence-electron chi connectivity index (χ4n) is 2.39. The van der Waals surface area contributed by atoms with Gasteiger partial charge < -0.3 is 20.0 Å². The molecule has 12 heteroatoms. The lowest BCUT2D eigenvalue weighted by molar-refractivity contribution is -0.194. The first-order valence-electron chi connectivity index (χ1n) is 7.74. The van der Waals surface area contributed by atoms with Gasteiger partial charge in [0.15, 0.2) is 16.7 Å². The minimum atomic E-state index is -4.80. The largest absolute Gasteiger partial charge is 0.493 e. The van der Waals surface area contributed by atoms with E-state index in [9.17, 15) is 22.8 Å². The monoisotopic (exact) mass is 414 g/mol. The first-order valence-corrected chi connectivity index (χ1v) is 9.25. The summed E-state index contributed by atoms with van der Waals surface area (Å²) in [7, 11) is -1.96. The van der Waals surface area contributed by atoms with Gasteiger partial charge in [0.1, 0.15) is 0 Å². The Morgan fingerprint density at radius 2 is 1.82 bits per heavy atom. The lowest BCUT2D eigenvalue weighted by Gasteiger charge is -2.14. The van der Waals surface area contributed by atoms with Crippen LogP contribution < -0.4 is 15.2 Å². The third kappa shape index (κ3) is 4.23. The summed E-state index contributed by atoms with van der Waals surface area (Å²) >= 11 is 0. The molecule has 28 heavy (non-hydrogen) atoms. The van der Waals surface area contributed by atoms with E-state index in [1.54, 1.807) is 0 Å². The summed E-state index contributed by atoms with van der Waals surface area (Å²) in [5.74, 6) is -2.78. The van der Waals surface area contributed by atoms with Gasteiger partial charge in [0.2, 0.25) is 0 Å². The predicted molar refractivity (Wildman–Crippen MR) is 95.5 cm³/mol. The second kappa shape index (κ2) is 7.86. The highest BCUT2D eigenvalue weighted by Gasteiger charge is 2.48. The Balaban J connectivity index is 2.24. The number of nitrogens with two attached hydrogens (primary N) is 1. The minimum Gasteiger partial charge on any atom is -0.493 e. The van der Waals surface area contributed by atoms with Gasteiger partial charge in [0, 0.05) is 22.9 Å². The maximum absolute atomic E-state index is 12.2. The van der Waals surface area contributed by atoms with Crippen molar-refractivity contribution in [1.29, 1.82) is 0 Å². The van der Waals surface area contributed by atoms with E-state index in [0.29, 0.717) is 17.1 Å². The molecular weight excluding hydrogens is 396 g/mol. The number of nitrogens with zero attached hydrogens (tertiary/aromatic N) is 1. The zero-order chi connectivity index (χ0) is 21.2. The molecule has 11 nitrogen and oxygen atoms in total. The van der Waals surface area contributed by atoms with E-state index >= 15 is 0 Å². The molecule has 1 fully saturated rings. The standard InChI is InChI=1S/C16H18N2O9S/c1-8(4-9-5-11(25-2)12(26-3)6-10(9)17)16(21)27-18-14(19)7-13(15(18)20)28(22,23)24/h4-6,13H,7,17H2,1-3H3,(H,22,23,24)/b8-4+. The molecule has 0 spiro atoms. The van der Waals surface area contributed by atoms with Gasteiger partial charge in [-0.05, 0) is 19.1 Å². The average Bonchev–Trinajstić information content (AvgIpc) is 2.91. The number of methoxy groups -OCH3 is 2. The highest BCUT2D eigenvalue weighted by Crippen LogP contribution is 2.33. The number of hydrogen-bond donors (Lipinski definition) is 2. The number of amides is 2. The van der Waals surface area contributed by atoms with E-state index < -0.39 is 39.6 Å². The quantitative estimate of drug-likeness (QED) is 0.284. The van der Waals surface area contributed by atoms with E-state index in [1.165, 1.54) is 39.4 Å². The van der Waals surface area contributed by atoms with Crippen LogP contribution in [0.25, 0.3) is 6.08 Å². The second-order valence-electron chi connectivity index (χ2n) is 5.78. The molecule has 0 radical (unpaired) electrons. The van der Waals surface area contributed by atoms with E-state index in [1.807, 2.05) is 0 Å². The molecule has 1 aliphatic rings. The van der Waals surface area contributed by atoms with Crippen LogP contribution in [0.4, 0.5) is 5.69 Å². The fraction of sp³-hybridized carbons (Fsp3) is 0.312. The van der Waals surface area contributed by atoms with Crippen LogP contribution in [0.5, 0.6) is 11.5 Å². The van der Waals surface area contributed by atoms with Crippen LogP contribution >= 0.6 is 0 Å². The van der Waals surface area contributed by atoms with Gasteiger partial charge in [-0.3, -0.25) is 14.1 Å². The van der Waals surface area contributed by atoms with Gasteiger partial charge in [-0.1, -0.05) is 0 Å². The van der Waals surface area contributed by atoms with Crippen LogP contribution in [0.3, 0.4) is 0 Å². The zero-order valence-electron chi connectivity index (χ0n) is 15.2. The normalized spacial score (nSPS) is 17.6. The minimum absolute atomic E-state index is 0.0239. The summed E-state index contributed by atoms with van der Waals surface area (Å²) in [6.07, 6.45) is 0.501. The van der Waals surface area contributed by atoms with Crippen molar-refractivity contribution in [3.8, 4) is 11.5 Å². The van der Waals surface area contributed by atoms with Gasteiger partial charge in [-0.25, -0.2) is 4.79 Å². The molecule has 1 aromatic rings. The van der Waals surface area contributed by atoms with Gasteiger partial charge in [0.25, 0.3) is 21.9 Å². The van der Waals surface area contributed by atoms with E-state index in [0.717, 1.165) is 0 Å². The Kier molecular flexibility index (Phi) is 5.95. The molecule has 0 aliphatic carbocycles. The fourth-order valence-corrected chi connectivity index (χ4v) is 3.10. The van der Waals surface area contributed by atoms with Gasteiger partial charge in [0.05, 0.1) is 20.6 Å². The van der Waals surface area contributed by atoms with Crippen LogP contribution in [-0.4, -0.2) is 55.3 Å². The molecule has 152 valence electrons. The van der Waals surface area contributed by atoms with Crippen LogP contribution in [0.2, 0.25) is 0 Å². The molecule has 0 saturated carbocycles. The maximum atomic E-state index is 12.2. The molecule has 2 rings (SSSR count). The first-order chi connectivity index (χ1) is 13.0. The highest BCUT2D eigenvalue weighted by molar-refractivity contribution is 7.87. The van der Waals surface area contributed by atoms with Crippen molar-refractivity contribution in [2.45, 2.75) is 18.6 Å².